The molecule has 3 aromatic carbocycles. The average molecular weight is 467 g/mol. The maximum absolute atomic E-state index is 10.5. The minimum Gasteiger partial charge on any atom is -0.496 e. The molecule has 0 heterocycles. The van der Waals surface area contributed by atoms with Gasteiger partial charge in [0.25, 0.3) is 0 Å². The van der Waals surface area contributed by atoms with Crippen LogP contribution in [0.3, 0.4) is 0 Å². The molecule has 7 nitrogen and oxygen atoms in total. The molecule has 182 valence electrons. The predicted molar refractivity (Wildman–Crippen MR) is 138 cm³/mol. The fourth-order valence-electron chi connectivity index (χ4n) is 2.89. The number of hydrogen-bond donors (Lipinski definition) is 4. The van der Waals surface area contributed by atoms with Crippen LogP contribution in [0.5, 0.6) is 5.75 Å². The number of carboxylic acid groups (broad SMARTS) is 1. The Morgan fingerprint density at radius 2 is 1.53 bits per heavy atom. The van der Waals surface area contributed by atoms with E-state index in [-0.39, 0.29) is 1.43 Å². The molecule has 0 aliphatic carbocycles. The summed E-state index contributed by atoms with van der Waals surface area (Å²) < 4.78 is 5.06. The molecule has 0 amide bonds. The van der Waals surface area contributed by atoms with Crippen LogP contribution in [0, 0.1) is 0 Å². The number of hydrogen-bond acceptors (Lipinski definition) is 6. The molecule has 0 spiro atoms. The third kappa shape index (κ3) is 10.9. The van der Waals surface area contributed by atoms with Gasteiger partial charge in [0.05, 0.1) is 7.11 Å². The summed E-state index contributed by atoms with van der Waals surface area (Å²) in [4.78, 5) is 20.6. The van der Waals surface area contributed by atoms with Crippen LogP contribution in [0.15, 0.2) is 78.9 Å². The van der Waals surface area contributed by atoms with Crippen LogP contribution < -0.4 is 21.9 Å². The number of para-hydroxylation sites is 1. The van der Waals surface area contributed by atoms with E-state index in [4.69, 9.17) is 27.0 Å². The summed E-state index contributed by atoms with van der Waals surface area (Å²) in [5.74, 6) is -0.0676. The van der Waals surface area contributed by atoms with E-state index in [1.54, 1.807) is 7.11 Å². The minimum absolute atomic E-state index is 0. The van der Waals surface area contributed by atoms with Crippen LogP contribution in [0.4, 0.5) is 0 Å². The van der Waals surface area contributed by atoms with E-state index < -0.39 is 12.0 Å². The number of nitrogens with two attached hydrogens (primary N) is 3. The molecule has 0 bridgehead atoms. The second-order valence-electron chi connectivity index (χ2n) is 7.35. The number of carbonyl (C=O) groups excluding carboxylic acids is 1. The van der Waals surface area contributed by atoms with Gasteiger partial charge in [-0.25, -0.2) is 0 Å². The van der Waals surface area contributed by atoms with E-state index in [1.807, 2.05) is 66.7 Å². The Morgan fingerprint density at radius 3 is 2.03 bits per heavy atom. The van der Waals surface area contributed by atoms with Gasteiger partial charge in [-0.2, -0.15) is 0 Å². The highest BCUT2D eigenvalue weighted by Gasteiger charge is 2.09. The molecule has 7 heteroatoms. The number of carboxylic acids is 1. The minimum atomic E-state index is -0.933. The van der Waals surface area contributed by atoms with E-state index in [0.29, 0.717) is 25.1 Å². The molecule has 0 aliphatic rings. The lowest BCUT2D eigenvalue weighted by molar-refractivity contribution is -0.138. The van der Waals surface area contributed by atoms with E-state index in [9.17, 15) is 9.59 Å². The summed E-state index contributed by atoms with van der Waals surface area (Å²) in [7, 11) is 1.65. The fourth-order valence-corrected chi connectivity index (χ4v) is 2.89. The molecule has 0 saturated heterocycles. The van der Waals surface area contributed by atoms with Gasteiger partial charge in [-0.3, -0.25) is 9.59 Å². The first-order valence-electron chi connectivity index (χ1n) is 11.1. The summed E-state index contributed by atoms with van der Waals surface area (Å²) in [6.07, 6.45) is 3.02. The molecule has 34 heavy (non-hydrogen) atoms. The van der Waals surface area contributed by atoms with Gasteiger partial charge in [-0.05, 0) is 36.6 Å². The Balaban J connectivity index is 0.000000501. The summed E-state index contributed by atoms with van der Waals surface area (Å²) in [6, 6.07) is 24.7. The zero-order chi connectivity index (χ0) is 25.2. The van der Waals surface area contributed by atoms with Crippen LogP contribution in [-0.2, 0) is 11.3 Å². The van der Waals surface area contributed by atoms with Gasteiger partial charge in [-0.15, -0.1) is 0 Å². The summed E-state index contributed by atoms with van der Waals surface area (Å²) in [6.45, 7) is 1.14. The Labute approximate surface area is 203 Å². The number of benzene rings is 3. The lowest BCUT2D eigenvalue weighted by Gasteiger charge is -2.03. The number of methoxy groups -OCH3 is 1. The van der Waals surface area contributed by atoms with Crippen LogP contribution in [0.1, 0.15) is 36.6 Å². The lowest BCUT2D eigenvalue weighted by atomic mass is 10.0. The third-order valence-electron chi connectivity index (χ3n) is 4.85. The summed E-state index contributed by atoms with van der Waals surface area (Å²) in [5.41, 5.74) is 19.9. The van der Waals surface area contributed by atoms with Crippen LogP contribution >= 0.6 is 0 Å². The molecular weight excluding hydrogens is 430 g/mol. The zero-order valence-electron chi connectivity index (χ0n) is 20.6. The number of aldehydes is 1. The molecule has 0 unspecified atom stereocenters. The van der Waals surface area contributed by atoms with Crippen LogP contribution in [-0.4, -0.2) is 37.1 Å². The molecule has 1 atom stereocenters. The van der Waals surface area contributed by atoms with Crippen LogP contribution in [0.2, 0.25) is 0 Å². The highest BCUT2D eigenvalue weighted by molar-refractivity contribution is 5.76. The zero-order valence-corrected chi connectivity index (χ0v) is 19.6. The molecule has 3 aromatic rings. The fraction of sp³-hybridized carbons (Fsp3) is 0.259. The quantitative estimate of drug-likeness (QED) is 0.276. The van der Waals surface area contributed by atoms with Gasteiger partial charge in [0.15, 0.2) is 0 Å². The second kappa shape index (κ2) is 17.0. The molecule has 0 aromatic heterocycles. The van der Waals surface area contributed by atoms with E-state index in [0.717, 1.165) is 36.0 Å². The first-order valence-corrected chi connectivity index (χ1v) is 11.1. The molecule has 0 saturated carbocycles. The number of carbonyl (C=O) groups is 2. The number of unbranched alkanes of at least 4 members (excludes halogenated alkanes) is 1. The first kappa shape index (κ1) is 28.5. The van der Waals surface area contributed by atoms with Crippen molar-refractivity contribution in [3.63, 3.8) is 0 Å². The van der Waals surface area contributed by atoms with E-state index in [2.05, 4.69) is 12.1 Å². The van der Waals surface area contributed by atoms with Gasteiger partial charge in [0, 0.05) is 17.7 Å². The Bertz CT molecular complexity index is 947. The molecule has 0 aliphatic heterocycles. The largest absolute Gasteiger partial charge is 1.00 e. The van der Waals surface area contributed by atoms with Crippen molar-refractivity contribution < 1.29 is 20.9 Å². The summed E-state index contributed by atoms with van der Waals surface area (Å²) >= 11 is 0. The molecule has 0 radical (unpaired) electrons. The maximum Gasteiger partial charge on any atom is 1.00 e. The van der Waals surface area contributed by atoms with Crippen molar-refractivity contribution in [1.82, 2.24) is 0 Å². The molecular formula is C27H36N3O4+. The highest BCUT2D eigenvalue weighted by Crippen LogP contribution is 2.18. The van der Waals surface area contributed by atoms with Crippen molar-refractivity contribution >= 4 is 12.3 Å². The van der Waals surface area contributed by atoms with Gasteiger partial charge in [-0.1, -0.05) is 79.2 Å². The van der Waals surface area contributed by atoms with Crippen molar-refractivity contribution in [2.75, 3.05) is 13.7 Å². The summed E-state index contributed by atoms with van der Waals surface area (Å²) in [5, 5.41) is 8.33. The van der Waals surface area contributed by atoms with Gasteiger partial charge < -0.3 is 27.0 Å². The maximum atomic E-state index is 10.5. The standard InChI is InChI=1S/C13H10O.C8H11NO.C6H14N2O2/c14-10-11-6-8-13(9-7-11)12-4-2-1-3-5-12;1-10-8-5-3-2-4-7(8)6-9;7-4-2-1-3-5(8)6(9)10/h1-10H;2-5H,6,9H2,1H3;5H,1-4,7-8H2,(H,9,10)/p+1/t;;5-/m..1/s1. The van der Waals surface area contributed by atoms with Crippen molar-refractivity contribution in [2.24, 2.45) is 17.2 Å². The molecule has 3 rings (SSSR count). The van der Waals surface area contributed by atoms with Gasteiger partial charge in [0.1, 0.15) is 18.1 Å². The van der Waals surface area contributed by atoms with E-state index in [1.165, 1.54) is 5.56 Å². The van der Waals surface area contributed by atoms with Crippen molar-refractivity contribution in [1.29, 1.82) is 0 Å². The van der Waals surface area contributed by atoms with Crippen LogP contribution in [0.25, 0.3) is 11.1 Å². The SMILES string of the molecule is COc1ccccc1CN.NCCCC[C@@H](N)C(=O)O.O=Cc1ccc(-c2ccccc2)cc1.[H+]. The Morgan fingerprint density at radius 1 is 0.941 bits per heavy atom. The Hall–Kier alpha value is -3.52. The number of ether oxygens (including phenoxy) is 1. The smallest absolute Gasteiger partial charge is 0.496 e. The first-order chi connectivity index (χ1) is 16.5. The second-order valence-corrected chi connectivity index (χ2v) is 7.35. The van der Waals surface area contributed by atoms with Crippen molar-refractivity contribution in [3.05, 3.63) is 90.0 Å². The normalized spacial score (nSPS) is 10.6. The van der Waals surface area contributed by atoms with Crippen molar-refractivity contribution in [2.45, 2.75) is 31.8 Å². The topological polar surface area (TPSA) is 142 Å². The molecule has 7 N–H and O–H groups in total. The average Bonchev–Trinajstić information content (AvgIpc) is 2.90. The number of aliphatic carboxylic acids is 1. The highest BCUT2D eigenvalue weighted by atomic mass is 16.5. The van der Waals surface area contributed by atoms with Gasteiger partial charge in [0.2, 0.25) is 0 Å². The van der Waals surface area contributed by atoms with E-state index >= 15 is 0 Å². The number of rotatable bonds is 9. The van der Waals surface area contributed by atoms with Gasteiger partial charge >= 0.3 is 7.40 Å². The predicted octanol–water partition coefficient (Wildman–Crippen LogP) is 3.96. The third-order valence-corrected chi connectivity index (χ3v) is 4.85. The Kier molecular flexibility index (Phi) is 14.3. The molecule has 0 fully saturated rings. The monoisotopic (exact) mass is 466 g/mol. The van der Waals surface area contributed by atoms with Crippen molar-refractivity contribution in [3.8, 4) is 16.9 Å². The lowest BCUT2D eigenvalue weighted by Crippen LogP contribution is -2.29.